The van der Waals surface area contributed by atoms with Gasteiger partial charge in [0.15, 0.2) is 0 Å². The van der Waals surface area contributed by atoms with E-state index in [1.165, 1.54) is 46.2 Å². The smallest absolute Gasteiger partial charge is 0.246 e. The van der Waals surface area contributed by atoms with Gasteiger partial charge < -0.3 is 43.4 Å². The average molecular weight is 985 g/mol. The molecule has 10 bridgehead atoms. The van der Waals surface area contributed by atoms with E-state index >= 15 is 0 Å². The van der Waals surface area contributed by atoms with Crippen LogP contribution in [0.1, 0.15) is 48.5 Å². The number of unbranched alkanes of at least 4 members (excludes halogenated alkanes) is 1. The van der Waals surface area contributed by atoms with E-state index in [-0.39, 0.29) is 29.7 Å². The number of thiol groups is 2. The fraction of sp³-hybridized carbons (Fsp3) is 0.450. The summed E-state index contributed by atoms with van der Waals surface area (Å²) < 4.78 is 1.56. The van der Waals surface area contributed by atoms with Crippen molar-refractivity contribution in [2.75, 3.05) is 46.7 Å². The summed E-state index contributed by atoms with van der Waals surface area (Å²) in [6, 6.07) is 5.79. The van der Waals surface area contributed by atoms with Crippen molar-refractivity contribution in [3.8, 4) is 0 Å². The van der Waals surface area contributed by atoms with Gasteiger partial charge in [0.1, 0.15) is 44.3 Å². The van der Waals surface area contributed by atoms with Gasteiger partial charge in [-0.15, -0.1) is 46.2 Å². The Morgan fingerprint density at radius 1 is 0.750 bits per heavy atom. The fourth-order valence-electron chi connectivity index (χ4n) is 6.77. The van der Waals surface area contributed by atoms with E-state index in [0.717, 1.165) is 9.40 Å². The minimum absolute atomic E-state index is 0.101. The molecular weight excluding hydrogens is 937 g/mol. The number of thiazole rings is 2. The van der Waals surface area contributed by atoms with Crippen LogP contribution in [0.5, 0.6) is 0 Å². The van der Waals surface area contributed by atoms with Crippen molar-refractivity contribution in [1.29, 1.82) is 0 Å². The summed E-state index contributed by atoms with van der Waals surface area (Å²) in [5.74, 6) is -1.20. The highest BCUT2D eigenvalue weighted by Gasteiger charge is 2.32. The van der Waals surface area contributed by atoms with Gasteiger partial charge in [-0.3, -0.25) is 38.8 Å². The molecule has 18 nitrogen and oxygen atoms in total. The van der Waals surface area contributed by atoms with Gasteiger partial charge >= 0.3 is 0 Å². The van der Waals surface area contributed by atoms with Crippen LogP contribution in [-0.4, -0.2) is 128 Å². The maximum Gasteiger partial charge on any atom is 0.246 e. The van der Waals surface area contributed by atoms with Gasteiger partial charge in [-0.25, -0.2) is 9.97 Å². The summed E-state index contributed by atoms with van der Waals surface area (Å²) in [6.45, 7) is 0.692. The number of hydrogen-bond donors (Lipinski definition) is 10. The molecule has 5 heterocycles. The Hall–Kier alpha value is -4.30. The summed E-state index contributed by atoms with van der Waals surface area (Å²) in [5.41, 5.74) is 14.1. The van der Waals surface area contributed by atoms with Gasteiger partial charge in [-0.05, 0) is 74.9 Å². The van der Waals surface area contributed by atoms with Crippen molar-refractivity contribution >= 4 is 149 Å². The Kier molecular flexibility index (Phi) is 16.6. The van der Waals surface area contributed by atoms with Crippen LogP contribution in [0.3, 0.4) is 0 Å². The van der Waals surface area contributed by atoms with Crippen LogP contribution in [0, 0.1) is 0 Å². The molecule has 0 saturated carbocycles. The van der Waals surface area contributed by atoms with E-state index < -0.39 is 59.9 Å². The molecule has 0 fully saturated rings. The average Bonchev–Trinajstić information content (AvgIpc) is 4.13. The molecule has 64 heavy (non-hydrogen) atoms. The molecule has 0 radical (unpaired) electrons. The third-order valence-corrected chi connectivity index (χ3v) is 15.6. The second kappa shape index (κ2) is 22.3. The van der Waals surface area contributed by atoms with E-state index in [1.807, 2.05) is 6.07 Å². The van der Waals surface area contributed by atoms with Gasteiger partial charge in [0.05, 0.1) is 32.5 Å². The second-order valence-corrected chi connectivity index (χ2v) is 20.0. The topological polar surface area (TPSA) is 277 Å². The van der Waals surface area contributed by atoms with Crippen LogP contribution in [0.4, 0.5) is 11.4 Å². The molecule has 7 rings (SSSR count). The van der Waals surface area contributed by atoms with Gasteiger partial charge in [0, 0.05) is 47.5 Å². The van der Waals surface area contributed by atoms with E-state index in [1.54, 1.807) is 30.3 Å². The summed E-state index contributed by atoms with van der Waals surface area (Å²) in [7, 11) is 0. The molecule has 0 saturated heterocycles. The number of thioether (sulfide) groups is 2. The lowest BCUT2D eigenvalue weighted by Gasteiger charge is -2.20. The highest BCUT2D eigenvalue weighted by atomic mass is 32.2. The van der Waals surface area contributed by atoms with Crippen molar-refractivity contribution in [3.63, 3.8) is 0 Å². The number of nitrogens with zero attached hydrogens (tertiary/aromatic N) is 4. The maximum atomic E-state index is 13.9. The lowest BCUT2D eigenvalue weighted by molar-refractivity contribution is -0.127. The zero-order chi connectivity index (χ0) is 45.3. The molecular formula is C40H48N12O6S6. The van der Waals surface area contributed by atoms with E-state index in [9.17, 15) is 28.8 Å². The maximum absolute atomic E-state index is 13.9. The molecule has 3 aliphatic heterocycles. The van der Waals surface area contributed by atoms with Gasteiger partial charge in [-0.2, -0.15) is 25.3 Å². The quantitative estimate of drug-likeness (QED) is 0.0810. The Morgan fingerprint density at radius 2 is 1.33 bits per heavy atom. The first-order chi connectivity index (χ1) is 30.9. The Balaban J connectivity index is 1.13. The van der Waals surface area contributed by atoms with E-state index in [4.69, 9.17) is 26.4 Å². The molecule has 3 aliphatic rings. The molecule has 0 unspecified atom stereocenters. The van der Waals surface area contributed by atoms with Gasteiger partial charge in [0.2, 0.25) is 35.4 Å². The second-order valence-electron chi connectivity index (χ2n) is 15.2. The fourth-order valence-corrected chi connectivity index (χ4v) is 11.3. The number of nitrogens with two attached hydrogens (primary N) is 2. The van der Waals surface area contributed by atoms with Gasteiger partial charge in [-0.1, -0.05) is 0 Å². The van der Waals surface area contributed by atoms with Crippen molar-refractivity contribution in [1.82, 2.24) is 31.2 Å². The highest BCUT2D eigenvalue weighted by Crippen LogP contribution is 2.33. The number of anilines is 2. The van der Waals surface area contributed by atoms with Crippen LogP contribution < -0.4 is 43.4 Å². The number of carbonyl (C=O) groups excluding carboxylic acids is 6. The molecule has 6 amide bonds. The normalized spacial score (nSPS) is 22.1. The number of fused-ring (bicyclic) bond motifs is 8. The van der Waals surface area contributed by atoms with Crippen LogP contribution in [-0.2, 0) is 28.8 Å². The summed E-state index contributed by atoms with van der Waals surface area (Å²) in [5, 5.41) is 19.8. The number of aliphatic imine (C=N–C) groups is 2. The zero-order valence-corrected chi connectivity index (χ0v) is 39.4. The first-order valence-electron chi connectivity index (χ1n) is 20.6. The first kappa shape index (κ1) is 47.7. The van der Waals surface area contributed by atoms with E-state index in [0.29, 0.717) is 99.2 Å². The number of carbonyl (C=O) groups is 6. The molecule has 0 aliphatic carbocycles. The standard InChI is InChI=1S/C40H48N12O6S6/c41-21(15-59)31(53)43-11-3-1-6-26-35(57)46-20-8-10-23-29(14-20)63-39(49-23)37-51-27(17-61-37)33(55)44-12-4-2-5-25(47-32(54)22(42)16-60)34(56)45-19-7-9-24-30(13-19)64-40(50-24)38-52-28(18-62-38)36(58)48-26/h7-10,13-14,21-22,25-28,59-60H,1-6,11-12,15-18,41-42H2,(H,43,53)(H,44,55)(H,45,56)(H,46,57)(H,47,54)(H,48,58)/t21-,22+,25+,26-,27+,28+/m0/s1. The van der Waals surface area contributed by atoms with Crippen molar-refractivity contribution in [2.24, 2.45) is 21.5 Å². The lowest BCUT2D eigenvalue weighted by atomic mass is 10.1. The molecule has 10 N–H and O–H groups in total. The summed E-state index contributed by atoms with van der Waals surface area (Å²) >= 11 is 13.8. The number of nitrogens with one attached hydrogen (secondary N) is 6. The molecule has 2 aromatic carbocycles. The monoisotopic (exact) mass is 984 g/mol. The third kappa shape index (κ3) is 12.1. The highest BCUT2D eigenvalue weighted by molar-refractivity contribution is 8.15. The first-order valence-corrected chi connectivity index (χ1v) is 25.5. The Morgan fingerprint density at radius 3 is 1.94 bits per heavy atom. The number of amides is 6. The number of aromatic nitrogens is 2. The summed E-state index contributed by atoms with van der Waals surface area (Å²) in [4.78, 5) is 98.3. The molecule has 24 heteroatoms. The molecule has 0 spiro atoms. The van der Waals surface area contributed by atoms with E-state index in [2.05, 4.69) is 62.2 Å². The van der Waals surface area contributed by atoms with Crippen LogP contribution in [0.25, 0.3) is 20.4 Å². The van der Waals surface area contributed by atoms with Crippen LogP contribution >= 0.6 is 71.5 Å². The summed E-state index contributed by atoms with van der Waals surface area (Å²) in [6.07, 6.45) is 2.69. The minimum Gasteiger partial charge on any atom is -0.355 e. The molecule has 6 atom stereocenters. The zero-order valence-electron chi connectivity index (χ0n) is 34.3. The largest absolute Gasteiger partial charge is 0.355 e. The Labute approximate surface area is 395 Å². The SMILES string of the molecule is N[C@H](CS)C(=O)N[C@@H]1CCCCNC(=O)[C@H]2CSC(=N2)c2nc3ccc(cc3s2)NC(=O)[C@H](CCCCNC(=O)[C@@H](N)CS)NC(=O)[C@H]2CSC(=N2)c2nc3ccc(cc3s2)NC1=O. The van der Waals surface area contributed by atoms with Crippen molar-refractivity contribution in [3.05, 3.63) is 46.4 Å². The molecule has 340 valence electrons. The van der Waals surface area contributed by atoms with Crippen LogP contribution in [0.2, 0.25) is 0 Å². The number of rotatable bonds is 10. The molecule has 2 aromatic heterocycles. The predicted octanol–water partition coefficient (Wildman–Crippen LogP) is 2.28. The minimum atomic E-state index is -0.920. The number of hydrogen-bond acceptors (Lipinski definition) is 18. The third-order valence-electron chi connectivity index (χ3n) is 10.4. The molecule has 4 aromatic rings. The predicted molar refractivity (Wildman–Crippen MR) is 263 cm³/mol. The van der Waals surface area contributed by atoms with Gasteiger partial charge in [0.25, 0.3) is 0 Å². The lowest BCUT2D eigenvalue weighted by Crippen LogP contribution is -2.50. The van der Waals surface area contributed by atoms with Crippen molar-refractivity contribution in [2.45, 2.75) is 74.8 Å². The number of benzene rings is 2. The Bertz CT molecular complexity index is 2480. The van der Waals surface area contributed by atoms with Crippen molar-refractivity contribution < 1.29 is 28.8 Å². The van der Waals surface area contributed by atoms with Crippen LogP contribution in [0.15, 0.2) is 46.4 Å².